The van der Waals surface area contributed by atoms with Crippen molar-refractivity contribution in [2.24, 2.45) is 5.92 Å². The van der Waals surface area contributed by atoms with Crippen LogP contribution in [0.15, 0.2) is 35.3 Å². The fourth-order valence-electron chi connectivity index (χ4n) is 1.99. The molecule has 0 saturated carbocycles. The SMILES string of the molecule is CC(C)CCNCCn1ncc2ccccc2c1=O. The van der Waals surface area contributed by atoms with Crippen LogP contribution in [0.5, 0.6) is 0 Å². The van der Waals surface area contributed by atoms with E-state index in [1.165, 1.54) is 4.68 Å². The highest BCUT2D eigenvalue weighted by Gasteiger charge is 2.02. The van der Waals surface area contributed by atoms with Gasteiger partial charge in [-0.25, -0.2) is 4.68 Å². The van der Waals surface area contributed by atoms with E-state index in [0.29, 0.717) is 12.5 Å². The van der Waals surface area contributed by atoms with Crippen molar-refractivity contribution in [1.82, 2.24) is 15.1 Å². The van der Waals surface area contributed by atoms with Gasteiger partial charge in [-0.15, -0.1) is 0 Å². The van der Waals surface area contributed by atoms with Crippen LogP contribution in [0, 0.1) is 5.92 Å². The summed E-state index contributed by atoms with van der Waals surface area (Å²) in [4.78, 5) is 12.2. The highest BCUT2D eigenvalue weighted by atomic mass is 16.1. The Morgan fingerprint density at radius 3 is 2.84 bits per heavy atom. The minimum atomic E-state index is -0.0104. The second-order valence-corrected chi connectivity index (χ2v) is 5.19. The molecule has 0 aliphatic heterocycles. The average molecular weight is 259 g/mol. The van der Waals surface area contributed by atoms with E-state index in [0.717, 1.165) is 30.3 Å². The number of rotatable bonds is 6. The van der Waals surface area contributed by atoms with Gasteiger partial charge in [-0.3, -0.25) is 4.79 Å². The fraction of sp³-hybridized carbons (Fsp3) is 0.467. The summed E-state index contributed by atoms with van der Waals surface area (Å²) in [5.41, 5.74) is -0.0104. The molecule has 19 heavy (non-hydrogen) atoms. The third kappa shape index (κ3) is 3.64. The predicted molar refractivity (Wildman–Crippen MR) is 78.3 cm³/mol. The average Bonchev–Trinajstić information content (AvgIpc) is 2.41. The lowest BCUT2D eigenvalue weighted by Gasteiger charge is -2.08. The van der Waals surface area contributed by atoms with E-state index in [4.69, 9.17) is 0 Å². The van der Waals surface area contributed by atoms with Crippen LogP contribution in [-0.4, -0.2) is 22.9 Å². The maximum atomic E-state index is 12.2. The minimum Gasteiger partial charge on any atom is -0.315 e. The highest BCUT2D eigenvalue weighted by molar-refractivity contribution is 5.80. The number of fused-ring (bicyclic) bond motifs is 1. The van der Waals surface area contributed by atoms with Gasteiger partial charge in [0.25, 0.3) is 5.56 Å². The molecule has 2 rings (SSSR count). The molecular formula is C15H21N3O. The van der Waals surface area contributed by atoms with Gasteiger partial charge in [0.1, 0.15) is 0 Å². The number of hydrogen-bond acceptors (Lipinski definition) is 3. The lowest BCUT2D eigenvalue weighted by Crippen LogP contribution is -2.29. The first-order valence-corrected chi connectivity index (χ1v) is 6.84. The van der Waals surface area contributed by atoms with Gasteiger partial charge in [0, 0.05) is 11.9 Å². The largest absolute Gasteiger partial charge is 0.315 e. The second kappa shape index (κ2) is 6.48. The molecule has 0 aliphatic carbocycles. The van der Waals surface area contributed by atoms with E-state index in [9.17, 15) is 4.79 Å². The summed E-state index contributed by atoms with van der Waals surface area (Å²) in [5, 5.41) is 9.18. The maximum Gasteiger partial charge on any atom is 0.274 e. The van der Waals surface area contributed by atoms with Gasteiger partial charge < -0.3 is 5.32 Å². The van der Waals surface area contributed by atoms with Crippen molar-refractivity contribution in [3.05, 3.63) is 40.8 Å². The van der Waals surface area contributed by atoms with E-state index < -0.39 is 0 Å². The quantitative estimate of drug-likeness (QED) is 0.807. The van der Waals surface area contributed by atoms with Crippen molar-refractivity contribution in [2.45, 2.75) is 26.8 Å². The van der Waals surface area contributed by atoms with Crippen LogP contribution in [-0.2, 0) is 6.54 Å². The van der Waals surface area contributed by atoms with E-state index in [2.05, 4.69) is 24.3 Å². The Kier molecular flexibility index (Phi) is 4.68. The molecule has 102 valence electrons. The summed E-state index contributed by atoms with van der Waals surface area (Å²) < 4.78 is 1.53. The summed E-state index contributed by atoms with van der Waals surface area (Å²) in [6.45, 7) is 6.79. The fourth-order valence-corrected chi connectivity index (χ4v) is 1.99. The van der Waals surface area contributed by atoms with Crippen LogP contribution < -0.4 is 10.9 Å². The third-order valence-corrected chi connectivity index (χ3v) is 3.16. The van der Waals surface area contributed by atoms with Crippen molar-refractivity contribution in [3.63, 3.8) is 0 Å². The standard InChI is InChI=1S/C15H21N3O/c1-12(2)7-8-16-9-10-18-15(19)14-6-4-3-5-13(14)11-17-18/h3-6,11-12,16H,7-10H2,1-2H3. The first kappa shape index (κ1) is 13.7. The van der Waals surface area contributed by atoms with Gasteiger partial charge in [0.15, 0.2) is 0 Å². The Balaban J connectivity index is 1.98. The molecule has 0 atom stereocenters. The van der Waals surface area contributed by atoms with Crippen molar-refractivity contribution >= 4 is 10.8 Å². The van der Waals surface area contributed by atoms with Gasteiger partial charge >= 0.3 is 0 Å². The molecule has 1 aromatic heterocycles. The minimum absolute atomic E-state index is 0.0104. The zero-order valence-electron chi connectivity index (χ0n) is 11.6. The molecule has 0 unspecified atom stereocenters. The zero-order valence-corrected chi connectivity index (χ0v) is 11.6. The first-order valence-electron chi connectivity index (χ1n) is 6.84. The summed E-state index contributed by atoms with van der Waals surface area (Å²) in [6.07, 6.45) is 2.91. The Bertz CT molecular complexity index is 589. The monoisotopic (exact) mass is 259 g/mol. The molecule has 0 saturated heterocycles. The number of nitrogens with one attached hydrogen (secondary N) is 1. The summed E-state index contributed by atoms with van der Waals surface area (Å²) >= 11 is 0. The van der Waals surface area contributed by atoms with Crippen LogP contribution >= 0.6 is 0 Å². The van der Waals surface area contributed by atoms with E-state index in [-0.39, 0.29) is 5.56 Å². The Labute approximate surface area is 113 Å². The summed E-state index contributed by atoms with van der Waals surface area (Å²) in [7, 11) is 0. The number of benzene rings is 1. The highest BCUT2D eigenvalue weighted by Crippen LogP contribution is 2.06. The molecule has 0 spiro atoms. The van der Waals surface area contributed by atoms with Crippen LogP contribution in [0.4, 0.5) is 0 Å². The van der Waals surface area contributed by atoms with Gasteiger partial charge in [0.05, 0.1) is 18.1 Å². The molecule has 0 aliphatic rings. The molecular weight excluding hydrogens is 238 g/mol. The molecule has 0 amide bonds. The smallest absolute Gasteiger partial charge is 0.274 e. The topological polar surface area (TPSA) is 46.9 Å². The molecule has 0 radical (unpaired) electrons. The Morgan fingerprint density at radius 1 is 1.26 bits per heavy atom. The van der Waals surface area contributed by atoms with Crippen LogP contribution in [0.1, 0.15) is 20.3 Å². The van der Waals surface area contributed by atoms with Crippen LogP contribution in [0.25, 0.3) is 10.8 Å². The summed E-state index contributed by atoms with van der Waals surface area (Å²) in [6, 6.07) is 7.56. The van der Waals surface area contributed by atoms with Crippen LogP contribution in [0.3, 0.4) is 0 Å². The lowest BCUT2D eigenvalue weighted by atomic mass is 10.1. The Hall–Kier alpha value is -1.68. The summed E-state index contributed by atoms with van der Waals surface area (Å²) in [5.74, 6) is 0.703. The van der Waals surface area contributed by atoms with Gasteiger partial charge in [-0.1, -0.05) is 32.0 Å². The Morgan fingerprint density at radius 2 is 2.05 bits per heavy atom. The van der Waals surface area contributed by atoms with E-state index in [1.54, 1.807) is 6.20 Å². The number of hydrogen-bond donors (Lipinski definition) is 1. The van der Waals surface area contributed by atoms with Crippen LogP contribution in [0.2, 0.25) is 0 Å². The number of aromatic nitrogens is 2. The van der Waals surface area contributed by atoms with E-state index in [1.807, 2.05) is 24.3 Å². The molecule has 4 heteroatoms. The molecule has 0 fully saturated rings. The second-order valence-electron chi connectivity index (χ2n) is 5.19. The zero-order chi connectivity index (χ0) is 13.7. The van der Waals surface area contributed by atoms with Gasteiger partial charge in [-0.2, -0.15) is 5.10 Å². The van der Waals surface area contributed by atoms with Crippen molar-refractivity contribution < 1.29 is 0 Å². The van der Waals surface area contributed by atoms with Crippen molar-refractivity contribution in [2.75, 3.05) is 13.1 Å². The molecule has 1 N–H and O–H groups in total. The van der Waals surface area contributed by atoms with Gasteiger partial charge in [-0.05, 0) is 24.9 Å². The molecule has 4 nitrogen and oxygen atoms in total. The molecule has 0 bridgehead atoms. The van der Waals surface area contributed by atoms with Gasteiger partial charge in [0.2, 0.25) is 0 Å². The first-order chi connectivity index (χ1) is 9.18. The molecule has 2 aromatic rings. The third-order valence-electron chi connectivity index (χ3n) is 3.16. The maximum absolute atomic E-state index is 12.2. The van der Waals surface area contributed by atoms with Crippen molar-refractivity contribution in [3.8, 4) is 0 Å². The lowest BCUT2D eigenvalue weighted by molar-refractivity contribution is 0.497. The molecule has 1 heterocycles. The number of nitrogens with zero attached hydrogens (tertiary/aromatic N) is 2. The van der Waals surface area contributed by atoms with Crippen molar-refractivity contribution in [1.29, 1.82) is 0 Å². The molecule has 1 aromatic carbocycles. The van der Waals surface area contributed by atoms with E-state index >= 15 is 0 Å². The normalized spacial score (nSPS) is 11.3. The predicted octanol–water partition coefficient (Wildman–Crippen LogP) is 2.03.